The van der Waals surface area contributed by atoms with E-state index in [0.29, 0.717) is 0 Å². The second-order valence-electron chi connectivity index (χ2n) is 2.63. The number of aromatic hydroxyl groups is 1. The third-order valence-electron chi connectivity index (χ3n) is 1.66. The number of methoxy groups -OCH3 is 1. The molecule has 0 radical (unpaired) electrons. The number of esters is 1. The lowest BCUT2D eigenvalue weighted by Gasteiger charge is -2.08. The van der Waals surface area contributed by atoms with Crippen LogP contribution in [0.4, 0.5) is 14.6 Å². The van der Waals surface area contributed by atoms with Crippen molar-refractivity contribution in [3.05, 3.63) is 17.3 Å². The SMILES string of the molecule is COC(=O)c1nc(N)cc(C(F)F)c1O. The molecule has 1 rings (SSSR count). The Morgan fingerprint density at radius 2 is 2.27 bits per heavy atom. The Balaban J connectivity index is 3.34. The van der Waals surface area contributed by atoms with Crippen LogP contribution in [0.2, 0.25) is 0 Å². The van der Waals surface area contributed by atoms with Crippen molar-refractivity contribution >= 4 is 11.8 Å². The average Bonchev–Trinajstić information content (AvgIpc) is 2.19. The molecule has 0 aliphatic carbocycles. The van der Waals surface area contributed by atoms with Gasteiger partial charge < -0.3 is 15.6 Å². The molecule has 3 N–H and O–H groups in total. The van der Waals surface area contributed by atoms with Crippen molar-refractivity contribution in [1.82, 2.24) is 4.98 Å². The van der Waals surface area contributed by atoms with Crippen molar-refractivity contribution in [3.8, 4) is 5.75 Å². The number of halogens is 2. The lowest BCUT2D eigenvalue weighted by atomic mass is 10.2. The van der Waals surface area contributed by atoms with Gasteiger partial charge in [-0.2, -0.15) is 0 Å². The van der Waals surface area contributed by atoms with Gasteiger partial charge in [0.2, 0.25) is 0 Å². The van der Waals surface area contributed by atoms with Crippen LogP contribution < -0.4 is 5.73 Å². The summed E-state index contributed by atoms with van der Waals surface area (Å²) in [6, 6.07) is 0.798. The van der Waals surface area contributed by atoms with E-state index >= 15 is 0 Å². The van der Waals surface area contributed by atoms with Crippen LogP contribution >= 0.6 is 0 Å². The summed E-state index contributed by atoms with van der Waals surface area (Å²) in [6.07, 6.45) is -2.95. The van der Waals surface area contributed by atoms with Crippen LogP contribution in [0.5, 0.6) is 5.75 Å². The van der Waals surface area contributed by atoms with E-state index < -0.39 is 29.4 Å². The highest BCUT2D eigenvalue weighted by molar-refractivity contribution is 5.91. The number of ether oxygens (including phenoxy) is 1. The van der Waals surface area contributed by atoms with Gasteiger partial charge in [-0.1, -0.05) is 0 Å². The molecule has 0 amide bonds. The largest absolute Gasteiger partial charge is 0.505 e. The fraction of sp³-hybridized carbons (Fsp3) is 0.250. The summed E-state index contributed by atoms with van der Waals surface area (Å²) in [4.78, 5) is 14.4. The molecular weight excluding hydrogens is 210 g/mol. The number of nitrogens with two attached hydrogens (primary N) is 1. The molecule has 82 valence electrons. The smallest absolute Gasteiger partial charge is 0.360 e. The maximum atomic E-state index is 12.4. The molecular formula is C8H8F2N2O3. The number of anilines is 1. The lowest BCUT2D eigenvalue weighted by Crippen LogP contribution is -2.08. The zero-order chi connectivity index (χ0) is 11.6. The number of rotatable bonds is 2. The Morgan fingerprint density at radius 1 is 1.67 bits per heavy atom. The van der Waals surface area contributed by atoms with Crippen molar-refractivity contribution in [2.24, 2.45) is 0 Å². The Labute approximate surface area is 83.5 Å². The average molecular weight is 218 g/mol. The second kappa shape index (κ2) is 4.07. The first kappa shape index (κ1) is 11.2. The van der Waals surface area contributed by atoms with Crippen LogP contribution in [0.25, 0.3) is 0 Å². The van der Waals surface area contributed by atoms with Crippen LogP contribution in [-0.2, 0) is 4.74 Å². The van der Waals surface area contributed by atoms with Crippen LogP contribution in [0, 0.1) is 0 Å². The summed E-state index contributed by atoms with van der Waals surface area (Å²) >= 11 is 0. The van der Waals surface area contributed by atoms with Crippen molar-refractivity contribution in [2.45, 2.75) is 6.43 Å². The number of carbonyl (C=O) groups excluding carboxylic acids is 1. The number of aromatic nitrogens is 1. The normalized spacial score (nSPS) is 10.4. The van der Waals surface area contributed by atoms with Gasteiger partial charge in [0, 0.05) is 0 Å². The monoisotopic (exact) mass is 218 g/mol. The second-order valence-corrected chi connectivity index (χ2v) is 2.63. The van der Waals surface area contributed by atoms with Crippen LogP contribution in [0.15, 0.2) is 6.07 Å². The highest BCUT2D eigenvalue weighted by atomic mass is 19.3. The number of hydrogen-bond donors (Lipinski definition) is 2. The zero-order valence-corrected chi connectivity index (χ0v) is 7.70. The zero-order valence-electron chi connectivity index (χ0n) is 7.70. The third kappa shape index (κ3) is 2.12. The molecule has 1 aromatic rings. The molecule has 0 saturated heterocycles. The number of carbonyl (C=O) groups is 1. The first-order chi connectivity index (χ1) is 6.97. The van der Waals surface area contributed by atoms with Crippen molar-refractivity contribution in [3.63, 3.8) is 0 Å². The van der Waals surface area contributed by atoms with E-state index in [0.717, 1.165) is 13.2 Å². The molecule has 0 bridgehead atoms. The Kier molecular flexibility index (Phi) is 3.03. The lowest BCUT2D eigenvalue weighted by molar-refractivity contribution is 0.0589. The molecule has 5 nitrogen and oxygen atoms in total. The van der Waals surface area contributed by atoms with Gasteiger partial charge >= 0.3 is 5.97 Å². The maximum absolute atomic E-state index is 12.4. The molecule has 0 saturated carbocycles. The van der Waals surface area contributed by atoms with Gasteiger partial charge in [-0.25, -0.2) is 18.6 Å². The van der Waals surface area contributed by atoms with Crippen LogP contribution in [0.3, 0.4) is 0 Å². The van der Waals surface area contributed by atoms with Gasteiger partial charge in [0.05, 0.1) is 12.7 Å². The highest BCUT2D eigenvalue weighted by Crippen LogP contribution is 2.31. The highest BCUT2D eigenvalue weighted by Gasteiger charge is 2.22. The molecule has 0 aliphatic heterocycles. The van der Waals surface area contributed by atoms with Gasteiger partial charge in [0.15, 0.2) is 11.4 Å². The van der Waals surface area contributed by atoms with Gasteiger partial charge in [-0.05, 0) is 6.07 Å². The Hall–Kier alpha value is -1.92. The standard InChI is InChI=1S/C8H8F2N2O3/c1-15-8(14)5-6(13)3(7(9)10)2-4(11)12-5/h2,7,13H,1H3,(H2,11,12). The molecule has 7 heteroatoms. The summed E-state index contributed by atoms with van der Waals surface area (Å²) in [5, 5.41) is 9.29. The van der Waals surface area contributed by atoms with E-state index in [4.69, 9.17) is 5.73 Å². The Bertz CT molecular complexity index is 396. The van der Waals surface area contributed by atoms with Gasteiger partial charge in [0.1, 0.15) is 5.82 Å². The summed E-state index contributed by atoms with van der Waals surface area (Å²) in [5.41, 5.74) is 3.83. The minimum absolute atomic E-state index is 0.288. The molecule has 0 unspecified atom stereocenters. The molecule has 0 atom stereocenters. The third-order valence-corrected chi connectivity index (χ3v) is 1.66. The number of pyridine rings is 1. The number of nitrogens with zero attached hydrogens (tertiary/aromatic N) is 1. The first-order valence-electron chi connectivity index (χ1n) is 3.83. The topological polar surface area (TPSA) is 85.4 Å². The summed E-state index contributed by atoms with van der Waals surface area (Å²) < 4.78 is 29.0. The van der Waals surface area contributed by atoms with E-state index in [-0.39, 0.29) is 5.82 Å². The number of hydrogen-bond acceptors (Lipinski definition) is 5. The summed E-state index contributed by atoms with van der Waals surface area (Å²) in [5.74, 6) is -2.23. The summed E-state index contributed by atoms with van der Waals surface area (Å²) in [6.45, 7) is 0. The predicted molar refractivity (Wildman–Crippen MR) is 46.6 cm³/mol. The molecule has 15 heavy (non-hydrogen) atoms. The van der Waals surface area contributed by atoms with Crippen LogP contribution in [-0.4, -0.2) is 23.2 Å². The van der Waals surface area contributed by atoms with E-state index in [2.05, 4.69) is 9.72 Å². The predicted octanol–water partition coefficient (Wildman–Crippen LogP) is 1.09. The minimum Gasteiger partial charge on any atom is -0.505 e. The minimum atomic E-state index is -2.95. The fourth-order valence-electron chi connectivity index (χ4n) is 0.984. The van der Waals surface area contributed by atoms with Gasteiger partial charge in [-0.3, -0.25) is 0 Å². The number of alkyl halides is 2. The van der Waals surface area contributed by atoms with Crippen LogP contribution in [0.1, 0.15) is 22.5 Å². The molecule has 0 spiro atoms. The number of nitrogen functional groups attached to an aromatic ring is 1. The van der Waals surface area contributed by atoms with E-state index in [1.54, 1.807) is 0 Å². The molecule has 0 fully saturated rings. The van der Waals surface area contributed by atoms with Crippen molar-refractivity contribution < 1.29 is 23.4 Å². The van der Waals surface area contributed by atoms with E-state index in [1.807, 2.05) is 0 Å². The molecule has 0 aliphatic rings. The maximum Gasteiger partial charge on any atom is 0.360 e. The van der Waals surface area contributed by atoms with E-state index in [1.165, 1.54) is 0 Å². The molecule has 0 aromatic carbocycles. The van der Waals surface area contributed by atoms with E-state index in [9.17, 15) is 18.7 Å². The molecule has 1 heterocycles. The quantitative estimate of drug-likeness (QED) is 0.726. The van der Waals surface area contributed by atoms with Crippen molar-refractivity contribution in [1.29, 1.82) is 0 Å². The Morgan fingerprint density at radius 3 is 2.73 bits per heavy atom. The summed E-state index contributed by atoms with van der Waals surface area (Å²) in [7, 11) is 1.04. The van der Waals surface area contributed by atoms with Crippen molar-refractivity contribution in [2.75, 3.05) is 12.8 Å². The molecule has 1 aromatic heterocycles. The van der Waals surface area contributed by atoms with Gasteiger partial charge in [0.25, 0.3) is 6.43 Å². The fourth-order valence-corrected chi connectivity index (χ4v) is 0.984. The van der Waals surface area contributed by atoms with Gasteiger partial charge in [-0.15, -0.1) is 0 Å². The first-order valence-corrected chi connectivity index (χ1v) is 3.83.